The molecule has 2 heterocycles. The molecule has 0 saturated heterocycles. The minimum Gasteiger partial charge on any atom is -0.332 e. The molecule has 7 heteroatoms. The smallest absolute Gasteiger partial charge is 0.319 e. The van der Waals surface area contributed by atoms with Crippen LogP contribution in [-0.2, 0) is 13.1 Å². The maximum Gasteiger partial charge on any atom is 0.319 e. The molecule has 7 nitrogen and oxygen atoms in total. The number of rotatable bonds is 5. The molecule has 2 N–H and O–H groups in total. The van der Waals surface area contributed by atoms with E-state index in [0.29, 0.717) is 16.8 Å². The SMILES string of the molecule is Cc1ccc(NC(=O)NCc2nn(Cc3ccccn3)c(=O)c3ccccc23)cc1. The summed E-state index contributed by atoms with van der Waals surface area (Å²) >= 11 is 0. The van der Waals surface area contributed by atoms with Crippen LogP contribution in [0.25, 0.3) is 10.8 Å². The van der Waals surface area contributed by atoms with Gasteiger partial charge in [-0.3, -0.25) is 9.78 Å². The highest BCUT2D eigenvalue weighted by Gasteiger charge is 2.12. The third-order valence-electron chi connectivity index (χ3n) is 4.71. The molecule has 0 fully saturated rings. The summed E-state index contributed by atoms with van der Waals surface area (Å²) in [6, 6.07) is 20.0. The van der Waals surface area contributed by atoms with E-state index < -0.39 is 0 Å². The molecule has 30 heavy (non-hydrogen) atoms. The lowest BCUT2D eigenvalue weighted by Crippen LogP contribution is -2.31. The second-order valence-electron chi connectivity index (χ2n) is 6.95. The van der Waals surface area contributed by atoms with Crippen molar-refractivity contribution in [3.8, 4) is 0 Å². The number of anilines is 1. The van der Waals surface area contributed by atoms with Gasteiger partial charge < -0.3 is 10.6 Å². The van der Waals surface area contributed by atoms with E-state index in [2.05, 4.69) is 20.7 Å². The van der Waals surface area contributed by atoms with E-state index in [4.69, 9.17) is 0 Å². The Morgan fingerprint density at radius 1 is 0.967 bits per heavy atom. The van der Waals surface area contributed by atoms with E-state index in [9.17, 15) is 9.59 Å². The van der Waals surface area contributed by atoms with Gasteiger partial charge in [-0.05, 0) is 37.3 Å². The van der Waals surface area contributed by atoms with Crippen molar-refractivity contribution in [2.45, 2.75) is 20.0 Å². The fourth-order valence-electron chi connectivity index (χ4n) is 3.16. The minimum atomic E-state index is -0.341. The van der Waals surface area contributed by atoms with Gasteiger partial charge in [0.1, 0.15) is 0 Å². The molecule has 0 aliphatic heterocycles. The average molecular weight is 399 g/mol. The van der Waals surface area contributed by atoms with Gasteiger partial charge in [0.25, 0.3) is 5.56 Å². The van der Waals surface area contributed by atoms with E-state index in [0.717, 1.165) is 16.6 Å². The summed E-state index contributed by atoms with van der Waals surface area (Å²) in [5, 5.41) is 11.4. The second kappa shape index (κ2) is 8.57. The number of amides is 2. The molecule has 0 atom stereocenters. The fraction of sp³-hybridized carbons (Fsp3) is 0.130. The van der Waals surface area contributed by atoms with Crippen molar-refractivity contribution in [2.24, 2.45) is 0 Å². The Kier molecular flexibility index (Phi) is 5.52. The Labute approximate surface area is 173 Å². The molecule has 0 spiro atoms. The summed E-state index contributed by atoms with van der Waals surface area (Å²) in [7, 11) is 0. The first-order chi connectivity index (χ1) is 14.6. The molecule has 0 aliphatic carbocycles. The third-order valence-corrected chi connectivity index (χ3v) is 4.71. The topological polar surface area (TPSA) is 88.9 Å². The van der Waals surface area contributed by atoms with Gasteiger partial charge in [-0.1, -0.05) is 42.0 Å². The number of carbonyl (C=O) groups is 1. The number of hydrogen-bond acceptors (Lipinski definition) is 4. The monoisotopic (exact) mass is 399 g/mol. The summed E-state index contributed by atoms with van der Waals surface area (Å²) in [6.07, 6.45) is 1.68. The Balaban J connectivity index is 1.58. The number of benzene rings is 2. The Morgan fingerprint density at radius 3 is 2.43 bits per heavy atom. The molecule has 0 radical (unpaired) electrons. The van der Waals surface area contributed by atoms with Gasteiger partial charge in [0.2, 0.25) is 0 Å². The number of carbonyl (C=O) groups excluding carboxylic acids is 1. The predicted octanol–water partition coefficient (Wildman–Crippen LogP) is 3.47. The Bertz CT molecular complexity index is 1230. The van der Waals surface area contributed by atoms with Crippen molar-refractivity contribution in [2.75, 3.05) is 5.32 Å². The average Bonchev–Trinajstić information content (AvgIpc) is 2.77. The lowest BCUT2D eigenvalue weighted by molar-refractivity contribution is 0.251. The molecule has 2 aromatic heterocycles. The maximum absolute atomic E-state index is 12.9. The number of hydrogen-bond donors (Lipinski definition) is 2. The first kappa shape index (κ1) is 19.3. The van der Waals surface area contributed by atoms with Crippen LogP contribution in [0.4, 0.5) is 10.5 Å². The van der Waals surface area contributed by atoms with Crippen LogP contribution in [0.1, 0.15) is 17.0 Å². The molecule has 2 aromatic carbocycles. The normalized spacial score (nSPS) is 10.7. The molecular weight excluding hydrogens is 378 g/mol. The second-order valence-corrected chi connectivity index (χ2v) is 6.95. The highest BCUT2D eigenvalue weighted by atomic mass is 16.2. The van der Waals surface area contributed by atoms with E-state index in [1.54, 1.807) is 12.3 Å². The zero-order valence-electron chi connectivity index (χ0n) is 16.5. The van der Waals surface area contributed by atoms with Crippen LogP contribution in [0.2, 0.25) is 0 Å². The standard InChI is InChI=1S/C23H21N5O2/c1-16-9-11-17(12-10-16)26-23(30)25-14-21-19-7-2-3-8-20(19)22(29)28(27-21)15-18-6-4-5-13-24-18/h2-13H,14-15H2,1H3,(H2,25,26,30). The van der Waals surface area contributed by atoms with E-state index >= 15 is 0 Å². The lowest BCUT2D eigenvalue weighted by Gasteiger charge is -2.12. The van der Waals surface area contributed by atoms with Crippen LogP contribution in [0.5, 0.6) is 0 Å². The highest BCUT2D eigenvalue weighted by molar-refractivity contribution is 5.90. The zero-order valence-corrected chi connectivity index (χ0v) is 16.5. The Morgan fingerprint density at radius 2 is 1.70 bits per heavy atom. The first-order valence-corrected chi connectivity index (χ1v) is 9.60. The van der Waals surface area contributed by atoms with Crippen molar-refractivity contribution in [3.05, 3.63) is 100 Å². The van der Waals surface area contributed by atoms with E-state index in [1.807, 2.05) is 67.6 Å². The van der Waals surface area contributed by atoms with Gasteiger partial charge in [0.15, 0.2) is 0 Å². The van der Waals surface area contributed by atoms with Crippen LogP contribution in [0.3, 0.4) is 0 Å². The summed E-state index contributed by atoms with van der Waals surface area (Å²) in [5.74, 6) is 0. The quantitative estimate of drug-likeness (QED) is 0.538. The third kappa shape index (κ3) is 4.35. The summed E-state index contributed by atoms with van der Waals surface area (Å²) in [5.41, 5.74) is 2.98. The van der Waals surface area contributed by atoms with Crippen molar-refractivity contribution < 1.29 is 4.79 Å². The molecule has 0 bridgehead atoms. The Hall–Kier alpha value is -4.00. The van der Waals surface area contributed by atoms with Crippen molar-refractivity contribution in [3.63, 3.8) is 0 Å². The predicted molar refractivity (Wildman–Crippen MR) is 116 cm³/mol. The molecule has 4 aromatic rings. The van der Waals surface area contributed by atoms with E-state index in [-0.39, 0.29) is 24.7 Å². The van der Waals surface area contributed by atoms with Gasteiger partial charge in [-0.15, -0.1) is 0 Å². The van der Waals surface area contributed by atoms with E-state index in [1.165, 1.54) is 4.68 Å². The first-order valence-electron chi connectivity index (χ1n) is 9.60. The zero-order chi connectivity index (χ0) is 20.9. The molecule has 4 rings (SSSR count). The largest absolute Gasteiger partial charge is 0.332 e. The van der Waals surface area contributed by atoms with Crippen LogP contribution >= 0.6 is 0 Å². The highest BCUT2D eigenvalue weighted by Crippen LogP contribution is 2.14. The number of urea groups is 1. The van der Waals surface area contributed by atoms with Crippen LogP contribution in [0.15, 0.2) is 77.7 Å². The van der Waals surface area contributed by atoms with Crippen LogP contribution < -0.4 is 16.2 Å². The van der Waals surface area contributed by atoms with Gasteiger partial charge in [-0.2, -0.15) is 5.10 Å². The summed E-state index contributed by atoms with van der Waals surface area (Å²) in [4.78, 5) is 29.5. The fourth-order valence-corrected chi connectivity index (χ4v) is 3.16. The number of aryl methyl sites for hydroxylation is 1. The van der Waals surface area contributed by atoms with Gasteiger partial charge in [0, 0.05) is 17.3 Å². The summed E-state index contributed by atoms with van der Waals surface area (Å²) in [6.45, 7) is 2.42. The molecular formula is C23H21N5O2. The molecule has 150 valence electrons. The van der Waals surface area contributed by atoms with Crippen LogP contribution in [-0.4, -0.2) is 20.8 Å². The maximum atomic E-state index is 12.9. The van der Waals surface area contributed by atoms with Crippen LogP contribution in [0, 0.1) is 6.92 Å². The number of aromatic nitrogens is 3. The molecule has 2 amide bonds. The number of pyridine rings is 1. The summed E-state index contributed by atoms with van der Waals surface area (Å²) < 4.78 is 1.39. The van der Waals surface area contributed by atoms with Crippen molar-refractivity contribution >= 4 is 22.5 Å². The van der Waals surface area contributed by atoms with Gasteiger partial charge in [0.05, 0.1) is 29.9 Å². The molecule has 0 unspecified atom stereocenters. The van der Waals surface area contributed by atoms with Gasteiger partial charge >= 0.3 is 6.03 Å². The molecule has 0 aliphatic rings. The van der Waals surface area contributed by atoms with Crippen molar-refractivity contribution in [1.29, 1.82) is 0 Å². The lowest BCUT2D eigenvalue weighted by atomic mass is 10.1. The minimum absolute atomic E-state index is 0.181. The number of nitrogens with one attached hydrogen (secondary N) is 2. The molecule has 0 saturated carbocycles. The van der Waals surface area contributed by atoms with Gasteiger partial charge in [-0.25, -0.2) is 9.48 Å². The number of nitrogens with zero attached hydrogens (tertiary/aromatic N) is 3. The van der Waals surface area contributed by atoms with Crippen molar-refractivity contribution in [1.82, 2.24) is 20.1 Å². The number of fused-ring (bicyclic) bond motifs is 1.